The number of fused-ring (bicyclic) bond motifs is 1. The number of hydrazine groups is 1. The molecular formula is C15H24N2. The fraction of sp³-hybridized carbons (Fsp3) is 0.600. The van der Waals surface area contributed by atoms with Crippen LogP contribution in [0.4, 0.5) is 0 Å². The van der Waals surface area contributed by atoms with E-state index in [0.717, 1.165) is 0 Å². The van der Waals surface area contributed by atoms with Crippen LogP contribution in [0.3, 0.4) is 0 Å². The average Bonchev–Trinajstić information content (AvgIpc) is 2.31. The van der Waals surface area contributed by atoms with Gasteiger partial charge in [-0.25, -0.2) is 0 Å². The standard InChI is InChI=1S/C15H24N2/c1-3-6-11(2)15(17-16)10-13-9-12-7-4-5-8-14(12)13/h4-5,7-8,11,13,15,17H,3,6,9-10,16H2,1-2H3. The average molecular weight is 232 g/mol. The Bertz CT molecular complexity index is 362. The van der Waals surface area contributed by atoms with Crippen LogP contribution >= 0.6 is 0 Å². The summed E-state index contributed by atoms with van der Waals surface area (Å²) in [7, 11) is 0. The molecule has 94 valence electrons. The topological polar surface area (TPSA) is 38.0 Å². The molecule has 2 heteroatoms. The van der Waals surface area contributed by atoms with Crippen LogP contribution in [-0.2, 0) is 6.42 Å². The number of hydrogen-bond acceptors (Lipinski definition) is 2. The zero-order valence-corrected chi connectivity index (χ0v) is 10.9. The Labute approximate surface area is 105 Å². The van der Waals surface area contributed by atoms with E-state index in [9.17, 15) is 0 Å². The van der Waals surface area contributed by atoms with E-state index in [-0.39, 0.29) is 0 Å². The number of rotatable bonds is 6. The lowest BCUT2D eigenvalue weighted by Gasteiger charge is -2.34. The maximum absolute atomic E-state index is 5.70. The SMILES string of the molecule is CCCC(C)C(CC1Cc2ccccc21)NN. The molecule has 17 heavy (non-hydrogen) atoms. The van der Waals surface area contributed by atoms with Crippen molar-refractivity contribution in [2.45, 2.75) is 51.5 Å². The van der Waals surface area contributed by atoms with Crippen molar-refractivity contribution in [1.29, 1.82) is 0 Å². The molecular weight excluding hydrogens is 208 g/mol. The van der Waals surface area contributed by atoms with Gasteiger partial charge in [0.15, 0.2) is 0 Å². The van der Waals surface area contributed by atoms with Crippen LogP contribution in [0.25, 0.3) is 0 Å². The van der Waals surface area contributed by atoms with E-state index in [2.05, 4.69) is 43.5 Å². The van der Waals surface area contributed by atoms with Gasteiger partial charge in [0.2, 0.25) is 0 Å². The van der Waals surface area contributed by atoms with Gasteiger partial charge in [-0.15, -0.1) is 0 Å². The van der Waals surface area contributed by atoms with Crippen LogP contribution in [0.1, 0.15) is 50.2 Å². The van der Waals surface area contributed by atoms with Crippen molar-refractivity contribution >= 4 is 0 Å². The summed E-state index contributed by atoms with van der Waals surface area (Å²) in [6, 6.07) is 9.24. The summed E-state index contributed by atoms with van der Waals surface area (Å²) in [5.41, 5.74) is 6.08. The third-order valence-electron chi connectivity index (χ3n) is 4.14. The van der Waals surface area contributed by atoms with E-state index in [1.807, 2.05) is 0 Å². The molecule has 0 spiro atoms. The van der Waals surface area contributed by atoms with E-state index in [0.29, 0.717) is 17.9 Å². The molecule has 3 unspecified atom stereocenters. The van der Waals surface area contributed by atoms with Gasteiger partial charge in [-0.3, -0.25) is 11.3 Å². The van der Waals surface area contributed by atoms with Crippen LogP contribution in [0, 0.1) is 5.92 Å². The van der Waals surface area contributed by atoms with Crippen molar-refractivity contribution in [3.8, 4) is 0 Å². The fourth-order valence-electron chi connectivity index (χ4n) is 3.00. The van der Waals surface area contributed by atoms with E-state index in [1.165, 1.54) is 36.8 Å². The van der Waals surface area contributed by atoms with Gasteiger partial charge < -0.3 is 0 Å². The van der Waals surface area contributed by atoms with E-state index in [1.54, 1.807) is 0 Å². The summed E-state index contributed by atoms with van der Waals surface area (Å²) in [4.78, 5) is 0. The zero-order valence-electron chi connectivity index (χ0n) is 10.9. The molecule has 2 rings (SSSR count). The van der Waals surface area contributed by atoms with Gasteiger partial charge in [0.05, 0.1) is 0 Å². The Morgan fingerprint density at radius 1 is 1.41 bits per heavy atom. The second-order valence-corrected chi connectivity index (χ2v) is 5.37. The molecule has 0 bridgehead atoms. The number of nitrogens with one attached hydrogen (secondary N) is 1. The van der Waals surface area contributed by atoms with Crippen molar-refractivity contribution in [2.75, 3.05) is 0 Å². The first kappa shape index (κ1) is 12.6. The van der Waals surface area contributed by atoms with Gasteiger partial charge in [0.1, 0.15) is 0 Å². The van der Waals surface area contributed by atoms with Crippen LogP contribution < -0.4 is 11.3 Å². The minimum Gasteiger partial charge on any atom is -0.271 e. The third kappa shape index (κ3) is 2.70. The largest absolute Gasteiger partial charge is 0.271 e. The van der Waals surface area contributed by atoms with Crippen LogP contribution in [0.2, 0.25) is 0 Å². The quantitative estimate of drug-likeness (QED) is 0.584. The highest BCUT2D eigenvalue weighted by Gasteiger charge is 2.29. The Kier molecular flexibility index (Phi) is 4.19. The molecule has 1 aliphatic carbocycles. The van der Waals surface area contributed by atoms with Gasteiger partial charge in [-0.05, 0) is 42.2 Å². The third-order valence-corrected chi connectivity index (χ3v) is 4.14. The second kappa shape index (κ2) is 5.65. The van der Waals surface area contributed by atoms with Crippen molar-refractivity contribution in [1.82, 2.24) is 5.43 Å². The highest BCUT2D eigenvalue weighted by atomic mass is 15.2. The summed E-state index contributed by atoms with van der Waals surface area (Å²) in [6.07, 6.45) is 4.89. The van der Waals surface area contributed by atoms with Crippen molar-refractivity contribution < 1.29 is 0 Å². The van der Waals surface area contributed by atoms with E-state index < -0.39 is 0 Å². The minimum absolute atomic E-state index is 0.452. The first-order valence-corrected chi connectivity index (χ1v) is 6.80. The Balaban J connectivity index is 1.93. The van der Waals surface area contributed by atoms with Gasteiger partial charge >= 0.3 is 0 Å². The predicted octanol–water partition coefficient (Wildman–Crippen LogP) is 2.98. The number of nitrogens with two attached hydrogens (primary N) is 1. The molecule has 0 fully saturated rings. The molecule has 1 aliphatic rings. The summed E-state index contributed by atoms with van der Waals surface area (Å²) in [5, 5.41) is 0. The summed E-state index contributed by atoms with van der Waals surface area (Å²) in [5.74, 6) is 7.08. The fourth-order valence-corrected chi connectivity index (χ4v) is 3.00. The molecule has 1 aromatic carbocycles. The van der Waals surface area contributed by atoms with Gasteiger partial charge in [0.25, 0.3) is 0 Å². The maximum Gasteiger partial charge on any atom is 0.0242 e. The highest BCUT2D eigenvalue weighted by Crippen LogP contribution is 2.38. The molecule has 2 nitrogen and oxygen atoms in total. The Morgan fingerprint density at radius 2 is 2.18 bits per heavy atom. The molecule has 3 N–H and O–H groups in total. The lowest BCUT2D eigenvalue weighted by molar-refractivity contribution is 0.312. The smallest absolute Gasteiger partial charge is 0.0242 e. The first-order valence-electron chi connectivity index (χ1n) is 6.80. The van der Waals surface area contributed by atoms with Crippen LogP contribution in [0.5, 0.6) is 0 Å². The Hall–Kier alpha value is -0.860. The van der Waals surface area contributed by atoms with Gasteiger partial charge in [-0.2, -0.15) is 0 Å². The minimum atomic E-state index is 0.452. The van der Waals surface area contributed by atoms with Gasteiger partial charge in [0, 0.05) is 6.04 Å². The van der Waals surface area contributed by atoms with Crippen molar-refractivity contribution in [2.24, 2.45) is 11.8 Å². The van der Waals surface area contributed by atoms with E-state index >= 15 is 0 Å². The molecule has 0 saturated heterocycles. The summed E-state index contributed by atoms with van der Waals surface area (Å²) in [6.45, 7) is 4.54. The molecule has 0 radical (unpaired) electrons. The van der Waals surface area contributed by atoms with E-state index in [4.69, 9.17) is 5.84 Å². The predicted molar refractivity (Wildman–Crippen MR) is 72.7 cm³/mol. The van der Waals surface area contributed by atoms with Crippen LogP contribution in [0.15, 0.2) is 24.3 Å². The van der Waals surface area contributed by atoms with Crippen LogP contribution in [-0.4, -0.2) is 6.04 Å². The molecule has 1 aromatic rings. The monoisotopic (exact) mass is 232 g/mol. The molecule has 0 aliphatic heterocycles. The Morgan fingerprint density at radius 3 is 2.82 bits per heavy atom. The molecule has 0 heterocycles. The molecule has 3 atom stereocenters. The lowest BCUT2D eigenvalue weighted by Crippen LogP contribution is -2.42. The summed E-state index contributed by atoms with van der Waals surface area (Å²) < 4.78 is 0. The summed E-state index contributed by atoms with van der Waals surface area (Å²) >= 11 is 0. The van der Waals surface area contributed by atoms with Crippen molar-refractivity contribution in [3.63, 3.8) is 0 Å². The number of hydrogen-bond donors (Lipinski definition) is 2. The first-order chi connectivity index (χ1) is 8.26. The van der Waals surface area contributed by atoms with Gasteiger partial charge in [-0.1, -0.05) is 44.5 Å². The molecule has 0 amide bonds. The number of benzene rings is 1. The molecule has 0 aromatic heterocycles. The molecule has 0 saturated carbocycles. The lowest BCUT2D eigenvalue weighted by atomic mass is 9.73. The normalized spacial score (nSPS) is 21.5. The van der Waals surface area contributed by atoms with Crippen molar-refractivity contribution in [3.05, 3.63) is 35.4 Å². The zero-order chi connectivity index (χ0) is 12.3. The highest BCUT2D eigenvalue weighted by molar-refractivity contribution is 5.39. The second-order valence-electron chi connectivity index (χ2n) is 5.37. The maximum atomic E-state index is 5.70.